The van der Waals surface area contributed by atoms with Gasteiger partial charge in [-0.2, -0.15) is 0 Å². The van der Waals surface area contributed by atoms with Gasteiger partial charge in [-0.05, 0) is 54.7 Å². The second kappa shape index (κ2) is 3.88. The van der Waals surface area contributed by atoms with Crippen LogP contribution in [-0.4, -0.2) is 12.1 Å². The van der Waals surface area contributed by atoms with E-state index in [0.717, 1.165) is 18.6 Å². The molecule has 0 spiro atoms. The first-order chi connectivity index (χ1) is 8.29. The van der Waals surface area contributed by atoms with Crippen LogP contribution in [0.25, 0.3) is 11.1 Å². The van der Waals surface area contributed by atoms with Crippen molar-refractivity contribution in [2.75, 3.05) is 7.11 Å². The molecule has 0 atom stereocenters. The number of pyridine rings is 1. The van der Waals surface area contributed by atoms with E-state index < -0.39 is 0 Å². The number of aromatic nitrogens is 1. The summed E-state index contributed by atoms with van der Waals surface area (Å²) in [5, 5.41) is 0. The maximum Gasteiger partial charge on any atom is 0.119 e. The minimum atomic E-state index is 0.952. The summed E-state index contributed by atoms with van der Waals surface area (Å²) in [5.41, 5.74) is 6.50. The molecule has 1 aliphatic carbocycles. The quantitative estimate of drug-likeness (QED) is 0.743. The number of nitrogens with zero attached hydrogens (tertiary/aromatic N) is 1. The maximum absolute atomic E-state index is 5.33. The fourth-order valence-electron chi connectivity index (χ4n) is 2.64. The normalized spacial score (nSPS) is 12.8. The highest BCUT2D eigenvalue weighted by Gasteiger charge is 2.19. The molecule has 0 N–H and O–H groups in total. The summed E-state index contributed by atoms with van der Waals surface area (Å²) in [7, 11) is 1.72. The second-order valence-corrected chi connectivity index (χ2v) is 4.48. The Kier molecular flexibility index (Phi) is 2.36. The van der Waals surface area contributed by atoms with Gasteiger partial charge in [-0.1, -0.05) is 6.07 Å². The molecule has 17 heavy (non-hydrogen) atoms. The van der Waals surface area contributed by atoms with Crippen LogP contribution >= 0.6 is 0 Å². The van der Waals surface area contributed by atoms with E-state index in [0.29, 0.717) is 0 Å². The summed E-state index contributed by atoms with van der Waals surface area (Å²) in [5.74, 6) is 0.952. The number of ether oxygens (including phenoxy) is 1. The highest BCUT2D eigenvalue weighted by atomic mass is 16.5. The summed E-state index contributed by atoms with van der Waals surface area (Å²) in [6.45, 7) is 2.14. The third kappa shape index (κ3) is 1.60. The molecule has 0 fully saturated rings. The van der Waals surface area contributed by atoms with Gasteiger partial charge < -0.3 is 4.74 Å². The van der Waals surface area contributed by atoms with Crippen LogP contribution < -0.4 is 4.74 Å². The Balaban J connectivity index is 2.25. The first-order valence-corrected chi connectivity index (χ1v) is 5.91. The van der Waals surface area contributed by atoms with Crippen LogP contribution in [-0.2, 0) is 12.8 Å². The fraction of sp³-hybridized carbons (Fsp3) is 0.267. The van der Waals surface area contributed by atoms with Crippen molar-refractivity contribution in [3.05, 3.63) is 47.3 Å². The lowest BCUT2D eigenvalue weighted by Crippen LogP contribution is -2.07. The van der Waals surface area contributed by atoms with Gasteiger partial charge in [-0.15, -0.1) is 0 Å². The van der Waals surface area contributed by atoms with E-state index in [4.69, 9.17) is 4.74 Å². The standard InChI is InChI=1S/C15H15NO/c1-10-8-12(17-2)9-11-5-6-14-13(15(10)11)4-3-7-16-14/h3-4,7-9H,5-6H2,1-2H3. The molecular formula is C15H15NO. The lowest BCUT2D eigenvalue weighted by atomic mass is 9.85. The van der Waals surface area contributed by atoms with Crippen LogP contribution in [0.1, 0.15) is 16.8 Å². The Morgan fingerprint density at radius 3 is 2.94 bits per heavy atom. The molecular weight excluding hydrogens is 210 g/mol. The van der Waals surface area contributed by atoms with Gasteiger partial charge in [0.1, 0.15) is 5.75 Å². The highest BCUT2D eigenvalue weighted by Crippen LogP contribution is 2.37. The molecule has 0 saturated carbocycles. The number of fused-ring (bicyclic) bond motifs is 3. The molecule has 0 bridgehead atoms. The van der Waals surface area contributed by atoms with Crippen molar-refractivity contribution in [2.24, 2.45) is 0 Å². The molecule has 0 unspecified atom stereocenters. The van der Waals surface area contributed by atoms with E-state index in [2.05, 4.69) is 30.1 Å². The summed E-state index contributed by atoms with van der Waals surface area (Å²) < 4.78 is 5.33. The highest BCUT2D eigenvalue weighted by molar-refractivity contribution is 5.75. The number of benzene rings is 1. The summed E-state index contributed by atoms with van der Waals surface area (Å²) in [4.78, 5) is 4.47. The van der Waals surface area contributed by atoms with Crippen LogP contribution in [0.4, 0.5) is 0 Å². The Labute approximate surface area is 101 Å². The zero-order valence-corrected chi connectivity index (χ0v) is 10.2. The second-order valence-electron chi connectivity index (χ2n) is 4.48. The molecule has 0 saturated heterocycles. The first kappa shape index (κ1) is 10.3. The van der Waals surface area contributed by atoms with Crippen molar-refractivity contribution in [3.8, 4) is 16.9 Å². The van der Waals surface area contributed by atoms with Crippen molar-refractivity contribution >= 4 is 0 Å². The predicted octanol–water partition coefficient (Wildman–Crippen LogP) is 3.16. The Morgan fingerprint density at radius 2 is 2.12 bits per heavy atom. The summed E-state index contributed by atoms with van der Waals surface area (Å²) in [6.07, 6.45) is 3.95. The number of hydrogen-bond acceptors (Lipinski definition) is 2. The van der Waals surface area contributed by atoms with Crippen molar-refractivity contribution < 1.29 is 4.74 Å². The van der Waals surface area contributed by atoms with Gasteiger partial charge >= 0.3 is 0 Å². The number of aryl methyl sites for hydroxylation is 3. The number of methoxy groups -OCH3 is 1. The Bertz CT molecular complexity index is 575. The van der Waals surface area contributed by atoms with E-state index in [-0.39, 0.29) is 0 Å². The van der Waals surface area contributed by atoms with Gasteiger partial charge in [0.25, 0.3) is 0 Å². The van der Waals surface area contributed by atoms with Gasteiger partial charge in [0, 0.05) is 17.5 Å². The predicted molar refractivity (Wildman–Crippen MR) is 68.4 cm³/mol. The fourth-order valence-corrected chi connectivity index (χ4v) is 2.64. The molecule has 0 amide bonds. The molecule has 0 aliphatic heterocycles. The van der Waals surface area contributed by atoms with Crippen LogP contribution in [0.5, 0.6) is 5.75 Å². The average molecular weight is 225 g/mol. The zero-order valence-electron chi connectivity index (χ0n) is 10.2. The lowest BCUT2D eigenvalue weighted by molar-refractivity contribution is 0.414. The molecule has 1 aromatic heterocycles. The molecule has 2 aromatic rings. The maximum atomic E-state index is 5.33. The topological polar surface area (TPSA) is 22.1 Å². The molecule has 0 radical (unpaired) electrons. The molecule has 1 heterocycles. The van der Waals surface area contributed by atoms with E-state index in [1.807, 2.05) is 12.3 Å². The molecule has 2 nitrogen and oxygen atoms in total. The lowest BCUT2D eigenvalue weighted by Gasteiger charge is -2.21. The van der Waals surface area contributed by atoms with Crippen LogP contribution in [0.2, 0.25) is 0 Å². The van der Waals surface area contributed by atoms with Crippen LogP contribution in [0.15, 0.2) is 30.5 Å². The first-order valence-electron chi connectivity index (χ1n) is 5.91. The van der Waals surface area contributed by atoms with E-state index in [9.17, 15) is 0 Å². The van der Waals surface area contributed by atoms with Gasteiger partial charge in [0.15, 0.2) is 0 Å². The molecule has 3 rings (SSSR count). The molecule has 86 valence electrons. The van der Waals surface area contributed by atoms with Gasteiger partial charge in [-0.25, -0.2) is 0 Å². The van der Waals surface area contributed by atoms with Gasteiger partial charge in [-0.3, -0.25) is 4.98 Å². The van der Waals surface area contributed by atoms with Crippen molar-refractivity contribution in [2.45, 2.75) is 19.8 Å². The largest absolute Gasteiger partial charge is 0.497 e. The third-order valence-electron chi connectivity index (χ3n) is 3.42. The van der Waals surface area contributed by atoms with Crippen molar-refractivity contribution in [1.82, 2.24) is 4.98 Å². The monoisotopic (exact) mass is 225 g/mol. The van der Waals surface area contributed by atoms with Crippen molar-refractivity contribution in [3.63, 3.8) is 0 Å². The Hall–Kier alpha value is -1.83. The van der Waals surface area contributed by atoms with Crippen LogP contribution in [0.3, 0.4) is 0 Å². The van der Waals surface area contributed by atoms with Crippen molar-refractivity contribution in [1.29, 1.82) is 0 Å². The van der Waals surface area contributed by atoms with E-state index >= 15 is 0 Å². The molecule has 1 aliphatic rings. The Morgan fingerprint density at radius 1 is 1.24 bits per heavy atom. The smallest absolute Gasteiger partial charge is 0.119 e. The summed E-state index contributed by atoms with van der Waals surface area (Å²) in [6, 6.07) is 8.43. The molecule has 2 heteroatoms. The minimum absolute atomic E-state index is 0.952. The van der Waals surface area contributed by atoms with E-state index in [1.54, 1.807) is 7.11 Å². The SMILES string of the molecule is COc1cc(C)c2c(c1)CCc1ncccc1-2. The minimum Gasteiger partial charge on any atom is -0.497 e. The van der Waals surface area contributed by atoms with E-state index in [1.165, 1.54) is 27.9 Å². The van der Waals surface area contributed by atoms with Gasteiger partial charge in [0.05, 0.1) is 7.11 Å². The summed E-state index contributed by atoms with van der Waals surface area (Å²) >= 11 is 0. The van der Waals surface area contributed by atoms with Crippen LogP contribution in [0, 0.1) is 6.92 Å². The molecule has 1 aromatic carbocycles. The third-order valence-corrected chi connectivity index (χ3v) is 3.42. The van der Waals surface area contributed by atoms with Gasteiger partial charge in [0.2, 0.25) is 0 Å². The number of rotatable bonds is 1. The average Bonchev–Trinajstić information content (AvgIpc) is 2.37. The number of hydrogen-bond donors (Lipinski definition) is 0. The zero-order chi connectivity index (χ0) is 11.8.